The van der Waals surface area contributed by atoms with Crippen molar-refractivity contribution < 1.29 is 23.4 Å². The predicted molar refractivity (Wildman–Crippen MR) is 117 cm³/mol. The molecule has 0 saturated carbocycles. The summed E-state index contributed by atoms with van der Waals surface area (Å²) in [5, 5.41) is 12.4. The van der Waals surface area contributed by atoms with Gasteiger partial charge in [-0.2, -0.15) is 0 Å². The standard InChI is InChI=1S/C22H18F2N4O3S/c1-22(2,19(29)30)11-31-20-25-9-12(10-26-20)13-7-15(24)17(8-14(13)23)28-21-27-16-5-3-4-6-18(16)32-21/h3-10H,11H2,1-2H3,(H,27,28)(H,29,30). The van der Waals surface area contributed by atoms with Crippen molar-refractivity contribution in [3.8, 4) is 17.1 Å². The lowest BCUT2D eigenvalue weighted by Crippen LogP contribution is -2.31. The van der Waals surface area contributed by atoms with E-state index in [1.807, 2.05) is 24.3 Å². The number of halogens is 2. The largest absolute Gasteiger partial charge is 0.481 e. The quantitative estimate of drug-likeness (QED) is 0.391. The maximum Gasteiger partial charge on any atom is 0.316 e. The highest BCUT2D eigenvalue weighted by molar-refractivity contribution is 7.22. The number of carboxylic acid groups (broad SMARTS) is 1. The zero-order chi connectivity index (χ0) is 22.9. The molecule has 0 aliphatic rings. The SMILES string of the molecule is CC(C)(COc1ncc(-c2cc(F)c(Nc3nc4ccccc4s3)cc2F)cn1)C(=O)O. The molecule has 7 nitrogen and oxygen atoms in total. The summed E-state index contributed by atoms with van der Waals surface area (Å²) in [6.07, 6.45) is 2.57. The number of aliphatic carboxylic acids is 1. The van der Waals surface area contributed by atoms with Gasteiger partial charge in [0, 0.05) is 29.6 Å². The number of hydrogen-bond acceptors (Lipinski definition) is 7. The number of nitrogens with one attached hydrogen (secondary N) is 1. The van der Waals surface area contributed by atoms with Gasteiger partial charge in [-0.1, -0.05) is 23.5 Å². The van der Waals surface area contributed by atoms with E-state index in [-0.39, 0.29) is 29.4 Å². The Kier molecular flexibility index (Phi) is 5.70. The summed E-state index contributed by atoms with van der Waals surface area (Å²) in [4.78, 5) is 23.4. The second-order valence-electron chi connectivity index (χ2n) is 7.66. The summed E-state index contributed by atoms with van der Waals surface area (Å²) in [7, 11) is 0. The van der Waals surface area contributed by atoms with Gasteiger partial charge in [0.2, 0.25) is 0 Å². The number of aromatic nitrogens is 3. The highest BCUT2D eigenvalue weighted by Gasteiger charge is 2.28. The average molecular weight is 456 g/mol. The second kappa shape index (κ2) is 8.46. The van der Waals surface area contributed by atoms with Crippen molar-refractivity contribution in [2.24, 2.45) is 5.41 Å². The van der Waals surface area contributed by atoms with Crippen LogP contribution >= 0.6 is 11.3 Å². The molecule has 2 aromatic heterocycles. The number of benzene rings is 2. The van der Waals surface area contributed by atoms with Gasteiger partial charge in [0.1, 0.15) is 18.2 Å². The summed E-state index contributed by atoms with van der Waals surface area (Å²) < 4.78 is 35.7. The minimum atomic E-state index is -1.12. The smallest absolute Gasteiger partial charge is 0.316 e. The Balaban J connectivity index is 1.52. The van der Waals surface area contributed by atoms with Crippen LogP contribution in [0.15, 0.2) is 48.8 Å². The number of rotatable bonds is 7. The summed E-state index contributed by atoms with van der Waals surface area (Å²) >= 11 is 1.33. The first-order valence-corrected chi connectivity index (χ1v) is 10.3. The summed E-state index contributed by atoms with van der Waals surface area (Å²) in [5.74, 6) is -2.35. The molecule has 32 heavy (non-hydrogen) atoms. The van der Waals surface area contributed by atoms with E-state index in [4.69, 9.17) is 9.84 Å². The molecule has 0 saturated heterocycles. The van der Waals surface area contributed by atoms with Crippen LogP contribution in [0.25, 0.3) is 21.3 Å². The Morgan fingerprint density at radius 1 is 1.16 bits per heavy atom. The van der Waals surface area contributed by atoms with Crippen molar-refractivity contribution in [1.29, 1.82) is 0 Å². The van der Waals surface area contributed by atoms with Crippen molar-refractivity contribution >= 4 is 38.3 Å². The molecular formula is C22H18F2N4O3S. The third-order valence-electron chi connectivity index (χ3n) is 4.67. The minimum Gasteiger partial charge on any atom is -0.481 e. The first-order chi connectivity index (χ1) is 15.2. The lowest BCUT2D eigenvalue weighted by Gasteiger charge is -2.18. The molecule has 0 radical (unpaired) electrons. The van der Waals surface area contributed by atoms with Crippen LogP contribution in [-0.2, 0) is 4.79 Å². The summed E-state index contributed by atoms with van der Waals surface area (Å²) in [6, 6.07) is 9.52. The molecule has 2 aromatic carbocycles. The fourth-order valence-electron chi connectivity index (χ4n) is 2.74. The number of para-hydroxylation sites is 1. The van der Waals surface area contributed by atoms with E-state index in [0.717, 1.165) is 22.3 Å². The van der Waals surface area contributed by atoms with Gasteiger partial charge >= 0.3 is 12.0 Å². The Morgan fingerprint density at radius 3 is 2.56 bits per heavy atom. The van der Waals surface area contributed by atoms with E-state index in [2.05, 4.69) is 20.3 Å². The monoisotopic (exact) mass is 456 g/mol. The second-order valence-corrected chi connectivity index (χ2v) is 8.69. The highest BCUT2D eigenvalue weighted by Crippen LogP contribution is 2.32. The molecule has 4 rings (SSSR count). The molecule has 0 aliphatic heterocycles. The van der Waals surface area contributed by atoms with Gasteiger partial charge in [-0.3, -0.25) is 4.79 Å². The minimum absolute atomic E-state index is 0.0187. The zero-order valence-corrected chi connectivity index (χ0v) is 17.9. The van der Waals surface area contributed by atoms with Crippen molar-refractivity contribution in [2.45, 2.75) is 13.8 Å². The van der Waals surface area contributed by atoms with Crippen LogP contribution < -0.4 is 10.1 Å². The van der Waals surface area contributed by atoms with Gasteiger partial charge in [-0.05, 0) is 32.0 Å². The van der Waals surface area contributed by atoms with Crippen molar-refractivity contribution in [3.63, 3.8) is 0 Å². The first-order valence-electron chi connectivity index (χ1n) is 9.53. The Morgan fingerprint density at radius 2 is 1.88 bits per heavy atom. The van der Waals surface area contributed by atoms with E-state index in [0.29, 0.717) is 5.13 Å². The normalized spacial score (nSPS) is 11.5. The van der Waals surface area contributed by atoms with Gasteiger partial charge in [0.05, 0.1) is 21.3 Å². The number of hydrogen-bond donors (Lipinski definition) is 2. The van der Waals surface area contributed by atoms with Crippen LogP contribution in [-0.4, -0.2) is 32.6 Å². The molecule has 0 fully saturated rings. The number of anilines is 2. The van der Waals surface area contributed by atoms with Crippen LogP contribution in [0, 0.1) is 17.0 Å². The van der Waals surface area contributed by atoms with Crippen LogP contribution in [0.1, 0.15) is 13.8 Å². The highest BCUT2D eigenvalue weighted by atomic mass is 32.1. The van der Waals surface area contributed by atoms with Crippen molar-refractivity contribution in [3.05, 3.63) is 60.4 Å². The topological polar surface area (TPSA) is 97.2 Å². The zero-order valence-electron chi connectivity index (χ0n) is 17.1. The van der Waals surface area contributed by atoms with Crippen molar-refractivity contribution in [2.75, 3.05) is 11.9 Å². The molecule has 0 amide bonds. The molecular weight excluding hydrogens is 438 g/mol. The summed E-state index contributed by atoms with van der Waals surface area (Å²) in [6.45, 7) is 2.87. The predicted octanol–water partition coefficient (Wildman–Crippen LogP) is 5.26. The lowest BCUT2D eigenvalue weighted by atomic mass is 9.95. The number of carboxylic acids is 1. The lowest BCUT2D eigenvalue weighted by molar-refractivity contribution is -0.148. The molecule has 10 heteroatoms. The average Bonchev–Trinajstić information content (AvgIpc) is 3.17. The molecule has 0 bridgehead atoms. The van der Waals surface area contributed by atoms with Crippen molar-refractivity contribution in [1.82, 2.24) is 15.0 Å². The van der Waals surface area contributed by atoms with Crippen LogP contribution in [0.5, 0.6) is 6.01 Å². The van der Waals surface area contributed by atoms with Gasteiger partial charge in [-0.25, -0.2) is 23.7 Å². The number of carbonyl (C=O) groups is 1. The van der Waals surface area contributed by atoms with Gasteiger partial charge in [0.15, 0.2) is 5.13 Å². The molecule has 164 valence electrons. The molecule has 0 unspecified atom stereocenters. The Labute approximate surface area is 185 Å². The Hall–Kier alpha value is -3.66. The first kappa shape index (κ1) is 21.6. The number of ether oxygens (including phenoxy) is 1. The molecule has 0 aliphatic carbocycles. The number of thiazole rings is 1. The van der Waals surface area contributed by atoms with Gasteiger partial charge < -0.3 is 15.2 Å². The van der Waals surface area contributed by atoms with Gasteiger partial charge in [0.25, 0.3) is 0 Å². The third-order valence-corrected chi connectivity index (χ3v) is 5.62. The van der Waals surface area contributed by atoms with E-state index in [1.165, 1.54) is 37.6 Å². The molecule has 0 spiro atoms. The van der Waals surface area contributed by atoms with Gasteiger partial charge in [-0.15, -0.1) is 0 Å². The van der Waals surface area contributed by atoms with E-state index in [9.17, 15) is 13.6 Å². The number of fused-ring (bicyclic) bond motifs is 1. The van der Waals surface area contributed by atoms with Crippen LogP contribution in [0.4, 0.5) is 19.6 Å². The fraction of sp³-hybridized carbons (Fsp3) is 0.182. The van der Waals surface area contributed by atoms with Crippen LogP contribution in [0.2, 0.25) is 0 Å². The van der Waals surface area contributed by atoms with E-state index >= 15 is 0 Å². The van der Waals surface area contributed by atoms with E-state index < -0.39 is 23.0 Å². The maximum atomic E-state index is 14.7. The molecule has 0 atom stereocenters. The third kappa shape index (κ3) is 4.50. The van der Waals surface area contributed by atoms with Crippen LogP contribution in [0.3, 0.4) is 0 Å². The molecule has 2 N–H and O–H groups in total. The molecule has 2 heterocycles. The number of nitrogens with zero attached hydrogens (tertiary/aromatic N) is 3. The Bertz CT molecular complexity index is 1260. The molecule has 4 aromatic rings. The van der Waals surface area contributed by atoms with E-state index in [1.54, 1.807) is 0 Å². The summed E-state index contributed by atoms with van der Waals surface area (Å²) in [5.41, 5.74) is -0.165. The fourth-order valence-corrected chi connectivity index (χ4v) is 3.62. The maximum absolute atomic E-state index is 14.7.